The number of hydrogen-bond donors (Lipinski definition) is 0. The third-order valence-electron chi connectivity index (χ3n) is 2.57. The van der Waals surface area contributed by atoms with Crippen molar-refractivity contribution in [2.45, 2.75) is 31.5 Å². The minimum atomic E-state index is -2.61. The van der Waals surface area contributed by atoms with Gasteiger partial charge in [0.25, 0.3) is 8.41 Å². The molecule has 2 heteroatoms. The van der Waals surface area contributed by atoms with Gasteiger partial charge in [0.2, 0.25) is 0 Å². The summed E-state index contributed by atoms with van der Waals surface area (Å²) in [4.78, 5) is 0. The molecule has 0 saturated heterocycles. The fraction of sp³-hybridized carbons (Fsp3) is 0.385. The molecule has 15 heavy (non-hydrogen) atoms. The summed E-state index contributed by atoms with van der Waals surface area (Å²) in [5, 5.41) is 0. The predicted molar refractivity (Wildman–Crippen MR) is 67.1 cm³/mol. The summed E-state index contributed by atoms with van der Waals surface area (Å²) in [6.45, 7) is 5.72. The molecular formula is C13H19FSi. The third-order valence-corrected chi connectivity index (χ3v) is 6.03. The van der Waals surface area contributed by atoms with Crippen molar-refractivity contribution in [2.24, 2.45) is 0 Å². The van der Waals surface area contributed by atoms with Gasteiger partial charge < -0.3 is 4.11 Å². The van der Waals surface area contributed by atoms with E-state index >= 15 is 0 Å². The van der Waals surface area contributed by atoms with Crippen LogP contribution in [-0.2, 0) is 6.04 Å². The summed E-state index contributed by atoms with van der Waals surface area (Å²) in [7, 11) is -2.61. The predicted octanol–water partition coefficient (Wildman–Crippen LogP) is 4.28. The third kappa shape index (κ3) is 4.00. The van der Waals surface area contributed by atoms with E-state index in [-0.39, 0.29) is 0 Å². The van der Waals surface area contributed by atoms with Crippen LogP contribution in [0.15, 0.2) is 43.0 Å². The second-order valence-corrected chi connectivity index (χ2v) is 7.62. The fourth-order valence-corrected chi connectivity index (χ4v) is 4.84. The minimum absolute atomic E-state index is 0.579. The second-order valence-electron chi connectivity index (χ2n) is 4.06. The van der Waals surface area contributed by atoms with E-state index in [4.69, 9.17) is 0 Å². The average molecular weight is 222 g/mol. The van der Waals surface area contributed by atoms with E-state index in [1.165, 1.54) is 0 Å². The number of rotatable bonds is 6. The highest BCUT2D eigenvalue weighted by Crippen LogP contribution is 2.24. The lowest BCUT2D eigenvalue weighted by Gasteiger charge is -2.20. The van der Waals surface area contributed by atoms with Gasteiger partial charge in [-0.15, -0.1) is 6.58 Å². The van der Waals surface area contributed by atoms with Gasteiger partial charge in [-0.2, -0.15) is 0 Å². The summed E-state index contributed by atoms with van der Waals surface area (Å²) in [5.41, 5.74) is 1.13. The molecule has 1 unspecified atom stereocenters. The molecular weight excluding hydrogens is 203 g/mol. The molecule has 1 rings (SSSR count). The number of halogens is 1. The maximum atomic E-state index is 14.5. The van der Waals surface area contributed by atoms with E-state index < -0.39 is 8.41 Å². The SMILES string of the molecule is C=CC[Si](F)(CCC)Cc1ccccc1. The Labute approximate surface area is 93.0 Å². The standard InChI is InChI=1S/C13H19FSi/c1-3-10-15(14,11-4-2)12-13-8-6-5-7-9-13/h3,5-9H,1,4,10-12H2,2H3. The van der Waals surface area contributed by atoms with Crippen LogP contribution >= 0.6 is 0 Å². The molecule has 0 heterocycles. The molecule has 0 N–H and O–H groups in total. The molecule has 0 radical (unpaired) electrons. The van der Waals surface area contributed by atoms with Crippen LogP contribution in [0.4, 0.5) is 4.11 Å². The average Bonchev–Trinajstić information content (AvgIpc) is 2.19. The zero-order valence-corrected chi connectivity index (χ0v) is 10.4. The van der Waals surface area contributed by atoms with Gasteiger partial charge in [0.05, 0.1) is 0 Å². The topological polar surface area (TPSA) is 0 Å². The summed E-state index contributed by atoms with van der Waals surface area (Å²) in [6, 6.07) is 11.9. The Balaban J connectivity index is 2.70. The Hall–Kier alpha value is -0.893. The van der Waals surface area contributed by atoms with Crippen LogP contribution in [0, 0.1) is 0 Å². The number of hydrogen-bond acceptors (Lipinski definition) is 0. The lowest BCUT2D eigenvalue weighted by Crippen LogP contribution is -2.31. The van der Waals surface area contributed by atoms with Crippen molar-refractivity contribution in [3.63, 3.8) is 0 Å². The van der Waals surface area contributed by atoms with E-state index in [0.29, 0.717) is 12.1 Å². The van der Waals surface area contributed by atoms with Crippen LogP contribution in [-0.4, -0.2) is 8.41 Å². The molecule has 1 atom stereocenters. The Bertz CT molecular complexity index is 297. The maximum Gasteiger partial charge on any atom is 0.254 e. The van der Waals surface area contributed by atoms with Gasteiger partial charge in [-0.1, -0.05) is 49.8 Å². The van der Waals surface area contributed by atoms with Gasteiger partial charge in [0.15, 0.2) is 0 Å². The second kappa shape index (κ2) is 5.86. The maximum absolute atomic E-state index is 14.5. The highest BCUT2D eigenvalue weighted by molar-refractivity contribution is 6.73. The molecule has 0 fully saturated rings. The molecule has 0 nitrogen and oxygen atoms in total. The van der Waals surface area contributed by atoms with E-state index in [2.05, 4.69) is 13.5 Å². The summed E-state index contributed by atoms with van der Waals surface area (Å²) in [5.74, 6) is 0. The van der Waals surface area contributed by atoms with Crippen molar-refractivity contribution in [2.75, 3.05) is 0 Å². The monoisotopic (exact) mass is 222 g/mol. The Kier molecular flexibility index (Phi) is 4.76. The summed E-state index contributed by atoms with van der Waals surface area (Å²) < 4.78 is 14.5. The van der Waals surface area contributed by atoms with E-state index in [0.717, 1.165) is 18.0 Å². The van der Waals surface area contributed by atoms with Crippen molar-refractivity contribution in [1.82, 2.24) is 0 Å². The number of allylic oxidation sites excluding steroid dienone is 1. The van der Waals surface area contributed by atoms with Gasteiger partial charge in [0, 0.05) is 0 Å². The molecule has 82 valence electrons. The first-order valence-electron chi connectivity index (χ1n) is 5.54. The molecule has 1 aromatic carbocycles. The van der Waals surface area contributed by atoms with Crippen LogP contribution in [0.3, 0.4) is 0 Å². The first-order chi connectivity index (χ1) is 7.20. The molecule has 0 spiro atoms. The first-order valence-corrected chi connectivity index (χ1v) is 8.04. The summed E-state index contributed by atoms with van der Waals surface area (Å²) >= 11 is 0. The molecule has 0 aromatic heterocycles. The summed E-state index contributed by atoms with van der Waals surface area (Å²) in [6.07, 6.45) is 2.67. The molecule has 0 aliphatic carbocycles. The Morgan fingerprint density at radius 2 is 2.00 bits per heavy atom. The van der Waals surface area contributed by atoms with E-state index in [9.17, 15) is 4.11 Å². The largest absolute Gasteiger partial charge is 0.313 e. The first kappa shape index (κ1) is 12.2. The van der Waals surface area contributed by atoms with Crippen LogP contribution in [0.5, 0.6) is 0 Å². The van der Waals surface area contributed by atoms with Gasteiger partial charge >= 0.3 is 0 Å². The zero-order chi connectivity index (χ0) is 11.1. The van der Waals surface area contributed by atoms with Gasteiger partial charge in [-0.3, -0.25) is 0 Å². The van der Waals surface area contributed by atoms with E-state index in [1.807, 2.05) is 30.3 Å². The van der Waals surface area contributed by atoms with Gasteiger partial charge in [-0.25, -0.2) is 0 Å². The van der Waals surface area contributed by atoms with E-state index in [1.54, 1.807) is 6.08 Å². The fourth-order valence-electron chi connectivity index (χ4n) is 1.93. The highest BCUT2D eigenvalue weighted by atomic mass is 28.4. The van der Waals surface area contributed by atoms with Crippen LogP contribution in [0.25, 0.3) is 0 Å². The zero-order valence-electron chi connectivity index (χ0n) is 9.38. The minimum Gasteiger partial charge on any atom is -0.313 e. The lowest BCUT2D eigenvalue weighted by atomic mass is 10.2. The Morgan fingerprint density at radius 3 is 2.53 bits per heavy atom. The quantitative estimate of drug-likeness (QED) is 0.383. The molecule has 0 aliphatic rings. The number of benzene rings is 1. The Morgan fingerprint density at radius 1 is 1.33 bits per heavy atom. The molecule has 0 bridgehead atoms. The van der Waals surface area contributed by atoms with Crippen LogP contribution in [0.2, 0.25) is 12.1 Å². The van der Waals surface area contributed by atoms with Crippen molar-refractivity contribution >= 4 is 8.41 Å². The van der Waals surface area contributed by atoms with Gasteiger partial charge in [-0.05, 0) is 23.7 Å². The van der Waals surface area contributed by atoms with Crippen molar-refractivity contribution in [1.29, 1.82) is 0 Å². The van der Waals surface area contributed by atoms with Gasteiger partial charge in [0.1, 0.15) is 0 Å². The van der Waals surface area contributed by atoms with Crippen LogP contribution in [0.1, 0.15) is 18.9 Å². The van der Waals surface area contributed by atoms with Crippen LogP contribution < -0.4 is 0 Å². The normalized spacial score (nSPS) is 14.5. The molecule has 1 aromatic rings. The lowest BCUT2D eigenvalue weighted by molar-refractivity contribution is 0.740. The molecule has 0 amide bonds. The van der Waals surface area contributed by atoms with Crippen molar-refractivity contribution in [3.05, 3.63) is 48.6 Å². The highest BCUT2D eigenvalue weighted by Gasteiger charge is 2.31. The molecule has 0 saturated carbocycles. The molecule has 0 aliphatic heterocycles. The smallest absolute Gasteiger partial charge is 0.254 e. The van der Waals surface area contributed by atoms with Crippen molar-refractivity contribution < 1.29 is 4.11 Å². The van der Waals surface area contributed by atoms with Crippen molar-refractivity contribution in [3.8, 4) is 0 Å².